The van der Waals surface area contributed by atoms with Gasteiger partial charge in [0.25, 0.3) is 0 Å². The second-order valence-corrected chi connectivity index (χ2v) is 6.37. The minimum Gasteiger partial charge on any atom is -0.371 e. The summed E-state index contributed by atoms with van der Waals surface area (Å²) in [6.07, 6.45) is -0.544. The topological polar surface area (TPSA) is 26.3 Å². The molecule has 0 aliphatic heterocycles. The van der Waals surface area contributed by atoms with Gasteiger partial charge in [-0.25, -0.2) is 4.39 Å². The lowest BCUT2D eigenvalue weighted by atomic mass is 9.94. The molecule has 3 heteroatoms. The van der Waals surface area contributed by atoms with E-state index in [0.717, 1.165) is 16.7 Å². The van der Waals surface area contributed by atoms with E-state index in [4.69, 9.17) is 4.74 Å². The lowest BCUT2D eigenvalue weighted by Crippen LogP contribution is -2.11. The third-order valence-corrected chi connectivity index (χ3v) is 4.43. The van der Waals surface area contributed by atoms with Crippen LogP contribution in [-0.4, -0.2) is 12.9 Å². The molecule has 3 aromatic carbocycles. The van der Waals surface area contributed by atoms with Gasteiger partial charge < -0.3 is 4.74 Å². The van der Waals surface area contributed by atoms with Gasteiger partial charge in [0.05, 0.1) is 5.57 Å². The normalized spacial score (nSPS) is 11.4. The summed E-state index contributed by atoms with van der Waals surface area (Å²) in [7, 11) is 1.57. The van der Waals surface area contributed by atoms with E-state index >= 15 is 0 Å². The van der Waals surface area contributed by atoms with Crippen LogP contribution in [0.25, 0.3) is 5.57 Å². The number of halogens is 1. The van der Waals surface area contributed by atoms with Gasteiger partial charge in [0.15, 0.2) is 5.78 Å². The van der Waals surface area contributed by atoms with Crippen LogP contribution in [0.4, 0.5) is 4.39 Å². The van der Waals surface area contributed by atoms with E-state index in [1.807, 2.05) is 60.7 Å². The second kappa shape index (κ2) is 9.09. The van der Waals surface area contributed by atoms with Crippen LogP contribution in [0, 0.1) is 5.82 Å². The zero-order valence-corrected chi connectivity index (χ0v) is 15.9. The van der Waals surface area contributed by atoms with Gasteiger partial charge in [-0.1, -0.05) is 72.8 Å². The molecule has 0 amide bonds. The van der Waals surface area contributed by atoms with Crippen LogP contribution in [0.5, 0.6) is 0 Å². The Labute approximate surface area is 164 Å². The quantitative estimate of drug-likeness (QED) is 0.406. The summed E-state index contributed by atoms with van der Waals surface area (Å²) in [6, 6.07) is 25.4. The number of carbonyl (C=O) groups is 1. The smallest absolute Gasteiger partial charge is 0.166 e. The first-order chi connectivity index (χ1) is 13.6. The van der Waals surface area contributed by atoms with Crippen molar-refractivity contribution in [3.8, 4) is 0 Å². The maximum absolute atomic E-state index is 13.4. The molecule has 3 aromatic rings. The zero-order valence-electron chi connectivity index (χ0n) is 15.9. The molecule has 0 N–H and O–H groups in total. The molecule has 0 saturated heterocycles. The van der Waals surface area contributed by atoms with Gasteiger partial charge in [0.1, 0.15) is 11.9 Å². The van der Waals surface area contributed by atoms with E-state index in [-0.39, 0.29) is 11.6 Å². The Morgan fingerprint density at radius 3 is 1.93 bits per heavy atom. The second-order valence-electron chi connectivity index (χ2n) is 6.37. The van der Waals surface area contributed by atoms with Crippen LogP contribution in [0.15, 0.2) is 96.2 Å². The maximum Gasteiger partial charge on any atom is 0.166 e. The predicted molar refractivity (Wildman–Crippen MR) is 109 cm³/mol. The number of methoxy groups -OCH3 is 1. The molecule has 28 heavy (non-hydrogen) atoms. The van der Waals surface area contributed by atoms with Gasteiger partial charge >= 0.3 is 0 Å². The third kappa shape index (κ3) is 4.52. The third-order valence-electron chi connectivity index (χ3n) is 4.43. The molecule has 0 fully saturated rings. The van der Waals surface area contributed by atoms with E-state index in [2.05, 4.69) is 5.73 Å². The van der Waals surface area contributed by atoms with Gasteiger partial charge in [-0.2, -0.15) is 0 Å². The molecule has 1 unspecified atom stereocenters. The molecule has 0 aliphatic carbocycles. The van der Waals surface area contributed by atoms with Crippen LogP contribution in [0.1, 0.15) is 29.7 Å². The molecule has 0 aliphatic rings. The number of carbonyl (C=O) groups excluding carboxylic acids is 1. The molecular weight excluding hydrogens is 351 g/mol. The summed E-state index contributed by atoms with van der Waals surface area (Å²) in [5.41, 5.74) is 6.94. The van der Waals surface area contributed by atoms with Crippen molar-refractivity contribution >= 4 is 11.4 Å². The largest absolute Gasteiger partial charge is 0.371 e. The summed E-state index contributed by atoms with van der Waals surface area (Å²) in [5.74, 6) is -0.447. The molecule has 0 saturated carbocycles. The van der Waals surface area contributed by atoms with Crippen LogP contribution < -0.4 is 0 Å². The van der Waals surface area contributed by atoms with Crippen molar-refractivity contribution in [1.29, 1.82) is 0 Å². The summed E-state index contributed by atoms with van der Waals surface area (Å²) in [5, 5.41) is 0. The Kier molecular flexibility index (Phi) is 6.33. The van der Waals surface area contributed by atoms with E-state index in [9.17, 15) is 9.18 Å². The van der Waals surface area contributed by atoms with Crippen molar-refractivity contribution in [2.24, 2.45) is 0 Å². The number of Topliss-reactive ketones (excluding diaryl/α,β-unsaturated/α-hetero) is 1. The number of hydrogen-bond acceptors (Lipinski definition) is 2. The maximum atomic E-state index is 13.4. The van der Waals surface area contributed by atoms with Gasteiger partial charge in [-0.05, 0) is 35.7 Å². The minimum atomic E-state index is -0.544. The molecular formula is C25H21FO2. The molecule has 0 aromatic heterocycles. The highest BCUT2D eigenvalue weighted by Gasteiger charge is 2.20. The van der Waals surface area contributed by atoms with E-state index in [0.29, 0.717) is 11.1 Å². The fraction of sp³-hybridized carbons (Fsp3) is 0.120. The Morgan fingerprint density at radius 2 is 1.39 bits per heavy atom. The standard InChI is InChI=1S/C25H21FO2/c1-18(27)23(25(28-2)21-11-7-4-8-12-21)17-24(19-9-5-3-6-10-19)20-13-15-22(26)16-14-20/h3-16,25H,1-2H3. The van der Waals surface area contributed by atoms with Crippen molar-refractivity contribution in [3.63, 3.8) is 0 Å². The number of benzene rings is 3. The van der Waals surface area contributed by atoms with Gasteiger partial charge in [0, 0.05) is 12.7 Å². The van der Waals surface area contributed by atoms with E-state index in [1.165, 1.54) is 19.1 Å². The fourth-order valence-electron chi connectivity index (χ4n) is 3.05. The van der Waals surface area contributed by atoms with Gasteiger partial charge in [-0.3, -0.25) is 4.79 Å². The average molecular weight is 372 g/mol. The molecule has 3 rings (SSSR count). The number of ether oxygens (including phenoxy) is 1. The highest BCUT2D eigenvalue weighted by Crippen LogP contribution is 2.29. The summed E-state index contributed by atoms with van der Waals surface area (Å²) < 4.78 is 19.1. The van der Waals surface area contributed by atoms with Gasteiger partial charge in [-0.15, -0.1) is 5.73 Å². The molecule has 2 nitrogen and oxygen atoms in total. The fourth-order valence-corrected chi connectivity index (χ4v) is 3.05. The van der Waals surface area contributed by atoms with Crippen molar-refractivity contribution in [3.05, 3.63) is 119 Å². The lowest BCUT2D eigenvalue weighted by molar-refractivity contribution is -0.114. The first-order valence-electron chi connectivity index (χ1n) is 9.01. The Balaban J connectivity index is 2.28. The average Bonchev–Trinajstić information content (AvgIpc) is 2.73. The molecule has 0 bridgehead atoms. The van der Waals surface area contributed by atoms with Crippen LogP contribution in [0.2, 0.25) is 0 Å². The van der Waals surface area contributed by atoms with Gasteiger partial charge in [0.2, 0.25) is 0 Å². The van der Waals surface area contributed by atoms with Crippen molar-refractivity contribution in [2.75, 3.05) is 7.11 Å². The van der Waals surface area contributed by atoms with Crippen molar-refractivity contribution in [1.82, 2.24) is 0 Å². The molecule has 0 radical (unpaired) electrons. The zero-order chi connectivity index (χ0) is 19.9. The predicted octanol–water partition coefficient (Wildman–Crippen LogP) is 5.76. The van der Waals surface area contributed by atoms with Crippen LogP contribution in [0.3, 0.4) is 0 Å². The first-order valence-corrected chi connectivity index (χ1v) is 9.01. The number of rotatable bonds is 6. The van der Waals surface area contributed by atoms with Crippen LogP contribution in [-0.2, 0) is 9.53 Å². The summed E-state index contributed by atoms with van der Waals surface area (Å²) in [6.45, 7) is 1.50. The highest BCUT2D eigenvalue weighted by molar-refractivity contribution is 5.96. The minimum absolute atomic E-state index is 0.133. The van der Waals surface area contributed by atoms with Crippen molar-refractivity contribution < 1.29 is 13.9 Å². The first kappa shape index (κ1) is 19.5. The number of ketones is 1. The monoisotopic (exact) mass is 372 g/mol. The summed E-state index contributed by atoms with van der Waals surface area (Å²) >= 11 is 0. The Hall–Kier alpha value is -3.26. The molecule has 1 atom stereocenters. The van der Waals surface area contributed by atoms with E-state index in [1.54, 1.807) is 19.2 Å². The highest BCUT2D eigenvalue weighted by atomic mass is 19.1. The number of hydrogen-bond donors (Lipinski definition) is 0. The molecule has 0 spiro atoms. The Morgan fingerprint density at radius 1 is 0.857 bits per heavy atom. The van der Waals surface area contributed by atoms with E-state index < -0.39 is 6.10 Å². The SMILES string of the molecule is COC(C(=C=C(c1ccccc1)c1ccc(F)cc1)C(C)=O)c1ccccc1. The van der Waals surface area contributed by atoms with Crippen molar-refractivity contribution in [2.45, 2.75) is 13.0 Å². The van der Waals surface area contributed by atoms with Crippen LogP contribution >= 0.6 is 0 Å². The summed E-state index contributed by atoms with van der Waals surface area (Å²) in [4.78, 5) is 12.5. The Bertz CT molecular complexity index is 999. The molecule has 140 valence electrons. The lowest BCUT2D eigenvalue weighted by Gasteiger charge is -2.17. The molecule has 0 heterocycles.